The second kappa shape index (κ2) is 4.58. The van der Waals surface area contributed by atoms with Gasteiger partial charge in [0.15, 0.2) is 0 Å². The van der Waals surface area contributed by atoms with E-state index in [1.807, 2.05) is 0 Å². The Bertz CT molecular complexity index is 309. The number of benzene rings is 1. The van der Waals surface area contributed by atoms with E-state index >= 15 is 0 Å². The van der Waals surface area contributed by atoms with Crippen LogP contribution in [0.4, 0.5) is 0 Å². The average Bonchev–Trinajstić information content (AvgIpc) is 2.65. The Hall–Kier alpha value is -0.860. The number of fused-ring (bicyclic) bond motifs is 1. The van der Waals surface area contributed by atoms with E-state index < -0.39 is 0 Å². The first kappa shape index (κ1) is 9.69. The largest absolute Gasteiger partial charge is 0.372 e. The first-order chi connectivity index (χ1) is 6.90. The summed E-state index contributed by atoms with van der Waals surface area (Å²) in [5.74, 6) is 0. The molecule has 0 fully saturated rings. The molecular formula is C12H17NO. The van der Waals surface area contributed by atoms with Crippen molar-refractivity contribution in [3.8, 4) is 0 Å². The van der Waals surface area contributed by atoms with Crippen molar-refractivity contribution in [2.24, 2.45) is 5.73 Å². The maximum atomic E-state index is 5.46. The van der Waals surface area contributed by atoms with Gasteiger partial charge in [-0.1, -0.05) is 18.2 Å². The number of unbranched alkanes of at least 4 members (excludes halogenated alkanes) is 1. The van der Waals surface area contributed by atoms with E-state index in [1.54, 1.807) is 0 Å². The van der Waals surface area contributed by atoms with Crippen LogP contribution in [0.25, 0.3) is 0 Å². The van der Waals surface area contributed by atoms with Crippen LogP contribution in [0, 0.1) is 0 Å². The van der Waals surface area contributed by atoms with Gasteiger partial charge in [-0.15, -0.1) is 0 Å². The van der Waals surface area contributed by atoms with Crippen LogP contribution in [-0.4, -0.2) is 6.54 Å². The van der Waals surface area contributed by atoms with Gasteiger partial charge in [0.2, 0.25) is 0 Å². The predicted octanol–water partition coefficient (Wildman–Crippen LogP) is 2.00. The summed E-state index contributed by atoms with van der Waals surface area (Å²) in [4.78, 5) is 0. The summed E-state index contributed by atoms with van der Waals surface area (Å²) >= 11 is 0. The van der Waals surface area contributed by atoms with Gasteiger partial charge in [-0.25, -0.2) is 0 Å². The quantitative estimate of drug-likeness (QED) is 0.739. The number of rotatable bonds is 4. The van der Waals surface area contributed by atoms with Crippen molar-refractivity contribution in [3.63, 3.8) is 0 Å². The number of aryl methyl sites for hydroxylation is 1. The van der Waals surface area contributed by atoms with Crippen LogP contribution in [0.2, 0.25) is 0 Å². The molecule has 0 spiro atoms. The summed E-state index contributed by atoms with van der Waals surface area (Å²) in [6, 6.07) is 6.68. The molecule has 0 aromatic heterocycles. The SMILES string of the molecule is NCCCCc1ccc2c(c1)COC2. The molecule has 1 aliphatic heterocycles. The molecule has 76 valence electrons. The van der Waals surface area contributed by atoms with Gasteiger partial charge in [0.1, 0.15) is 0 Å². The Morgan fingerprint density at radius 1 is 1.14 bits per heavy atom. The van der Waals surface area contributed by atoms with E-state index in [-0.39, 0.29) is 0 Å². The molecule has 1 heterocycles. The fraction of sp³-hybridized carbons (Fsp3) is 0.500. The predicted molar refractivity (Wildman–Crippen MR) is 56.9 cm³/mol. The molecule has 0 saturated heterocycles. The lowest BCUT2D eigenvalue weighted by Crippen LogP contribution is -1.99. The second-order valence-electron chi connectivity index (χ2n) is 3.84. The van der Waals surface area contributed by atoms with E-state index in [0.29, 0.717) is 0 Å². The second-order valence-corrected chi connectivity index (χ2v) is 3.84. The van der Waals surface area contributed by atoms with E-state index in [2.05, 4.69) is 18.2 Å². The first-order valence-electron chi connectivity index (χ1n) is 5.28. The molecule has 2 N–H and O–H groups in total. The smallest absolute Gasteiger partial charge is 0.0725 e. The van der Waals surface area contributed by atoms with Crippen molar-refractivity contribution in [1.29, 1.82) is 0 Å². The molecule has 1 aromatic carbocycles. The number of ether oxygens (including phenoxy) is 1. The lowest BCUT2D eigenvalue weighted by Gasteiger charge is -2.03. The fourth-order valence-corrected chi connectivity index (χ4v) is 1.85. The molecule has 0 amide bonds. The molecule has 0 saturated carbocycles. The molecule has 0 radical (unpaired) electrons. The molecule has 0 aliphatic carbocycles. The first-order valence-corrected chi connectivity index (χ1v) is 5.28. The number of hydrogen-bond donors (Lipinski definition) is 1. The third-order valence-corrected chi connectivity index (χ3v) is 2.71. The molecular weight excluding hydrogens is 174 g/mol. The molecule has 1 aliphatic rings. The van der Waals surface area contributed by atoms with Crippen molar-refractivity contribution in [2.75, 3.05) is 6.54 Å². The Kier molecular flexibility index (Phi) is 3.17. The van der Waals surface area contributed by atoms with Gasteiger partial charge in [-0.3, -0.25) is 0 Å². The minimum atomic E-state index is 0.790. The maximum absolute atomic E-state index is 5.46. The zero-order valence-corrected chi connectivity index (χ0v) is 8.46. The van der Waals surface area contributed by atoms with E-state index in [1.165, 1.54) is 23.1 Å². The highest BCUT2D eigenvalue weighted by molar-refractivity contribution is 5.33. The minimum absolute atomic E-state index is 0.790. The molecule has 0 atom stereocenters. The summed E-state index contributed by atoms with van der Waals surface area (Å²) in [5, 5.41) is 0. The van der Waals surface area contributed by atoms with Gasteiger partial charge in [0.05, 0.1) is 13.2 Å². The molecule has 1 aromatic rings. The summed E-state index contributed by atoms with van der Waals surface area (Å²) in [7, 11) is 0. The Balaban J connectivity index is 1.98. The third-order valence-electron chi connectivity index (χ3n) is 2.71. The fourth-order valence-electron chi connectivity index (χ4n) is 1.85. The number of nitrogens with two attached hydrogens (primary N) is 1. The molecule has 14 heavy (non-hydrogen) atoms. The van der Waals surface area contributed by atoms with Crippen molar-refractivity contribution < 1.29 is 4.74 Å². The summed E-state index contributed by atoms with van der Waals surface area (Å²) in [6.45, 7) is 2.38. The van der Waals surface area contributed by atoms with Crippen LogP contribution < -0.4 is 5.73 Å². The van der Waals surface area contributed by atoms with Crippen molar-refractivity contribution in [2.45, 2.75) is 32.5 Å². The van der Waals surface area contributed by atoms with Crippen LogP contribution in [0.15, 0.2) is 18.2 Å². The monoisotopic (exact) mass is 191 g/mol. The zero-order chi connectivity index (χ0) is 9.80. The van der Waals surface area contributed by atoms with Crippen LogP contribution in [-0.2, 0) is 24.4 Å². The topological polar surface area (TPSA) is 35.2 Å². The maximum Gasteiger partial charge on any atom is 0.0725 e. The molecule has 0 bridgehead atoms. The Morgan fingerprint density at radius 2 is 2.00 bits per heavy atom. The highest BCUT2D eigenvalue weighted by Gasteiger charge is 2.10. The van der Waals surface area contributed by atoms with Gasteiger partial charge < -0.3 is 10.5 Å². The Labute approximate surface area is 85.1 Å². The summed E-state index contributed by atoms with van der Waals surface area (Å²) in [5.41, 5.74) is 9.61. The highest BCUT2D eigenvalue weighted by atomic mass is 16.5. The van der Waals surface area contributed by atoms with Gasteiger partial charge in [0, 0.05) is 0 Å². The summed E-state index contributed by atoms with van der Waals surface area (Å²) < 4.78 is 5.38. The van der Waals surface area contributed by atoms with Crippen LogP contribution in [0.5, 0.6) is 0 Å². The van der Waals surface area contributed by atoms with Gasteiger partial charge in [-0.2, -0.15) is 0 Å². The molecule has 2 rings (SSSR count). The van der Waals surface area contributed by atoms with Crippen molar-refractivity contribution in [3.05, 3.63) is 34.9 Å². The normalized spacial score (nSPS) is 14.4. The molecule has 0 unspecified atom stereocenters. The van der Waals surface area contributed by atoms with Crippen molar-refractivity contribution in [1.82, 2.24) is 0 Å². The Morgan fingerprint density at radius 3 is 2.86 bits per heavy atom. The van der Waals surface area contributed by atoms with E-state index in [4.69, 9.17) is 10.5 Å². The summed E-state index contributed by atoms with van der Waals surface area (Å²) in [6.07, 6.45) is 3.45. The lowest BCUT2D eigenvalue weighted by atomic mass is 10.0. The van der Waals surface area contributed by atoms with Crippen LogP contribution >= 0.6 is 0 Å². The zero-order valence-electron chi connectivity index (χ0n) is 8.46. The highest BCUT2D eigenvalue weighted by Crippen LogP contribution is 2.21. The molecule has 2 nitrogen and oxygen atoms in total. The van der Waals surface area contributed by atoms with Gasteiger partial charge in [-0.05, 0) is 42.5 Å². The van der Waals surface area contributed by atoms with E-state index in [0.717, 1.165) is 32.6 Å². The van der Waals surface area contributed by atoms with Gasteiger partial charge >= 0.3 is 0 Å². The van der Waals surface area contributed by atoms with Crippen LogP contribution in [0.3, 0.4) is 0 Å². The lowest BCUT2D eigenvalue weighted by molar-refractivity contribution is 0.134. The average molecular weight is 191 g/mol. The number of hydrogen-bond acceptors (Lipinski definition) is 2. The van der Waals surface area contributed by atoms with Crippen LogP contribution in [0.1, 0.15) is 29.5 Å². The standard InChI is InChI=1S/C12H17NO/c13-6-2-1-3-10-4-5-11-8-14-9-12(11)7-10/h4-5,7H,1-3,6,8-9,13H2. The minimum Gasteiger partial charge on any atom is -0.372 e. The van der Waals surface area contributed by atoms with Gasteiger partial charge in [0.25, 0.3) is 0 Å². The van der Waals surface area contributed by atoms with E-state index in [9.17, 15) is 0 Å². The third kappa shape index (κ3) is 2.14. The van der Waals surface area contributed by atoms with Crippen molar-refractivity contribution >= 4 is 0 Å². The molecule has 2 heteroatoms.